The number of aliphatic hydroxyl groups excluding tert-OH is 1. The van der Waals surface area contributed by atoms with Gasteiger partial charge in [-0.15, -0.1) is 11.3 Å². The number of carbonyl (C=O) groups is 3. The molecule has 370 valence electrons. The number of aromatic nitrogens is 1. The second kappa shape index (κ2) is 25.7. The van der Waals surface area contributed by atoms with Gasteiger partial charge in [-0.05, 0) is 155 Å². The second-order valence-corrected chi connectivity index (χ2v) is 22.1. The van der Waals surface area contributed by atoms with Gasteiger partial charge in [0.2, 0.25) is 0 Å². The van der Waals surface area contributed by atoms with Crippen molar-refractivity contribution < 1.29 is 81.1 Å². The summed E-state index contributed by atoms with van der Waals surface area (Å²) in [5.74, 6) is 1.70. The average molecular weight is 995 g/mol. The van der Waals surface area contributed by atoms with Gasteiger partial charge < -0.3 is 29.9 Å². The van der Waals surface area contributed by atoms with E-state index in [9.17, 15) is 29.7 Å². The molecule has 5 aliphatic rings. The van der Waals surface area contributed by atoms with Crippen molar-refractivity contribution in [3.63, 3.8) is 0 Å². The summed E-state index contributed by atoms with van der Waals surface area (Å²) >= 11 is 1.80. The van der Waals surface area contributed by atoms with Gasteiger partial charge in [-0.2, -0.15) is 0 Å². The predicted molar refractivity (Wildman–Crippen MR) is 275 cm³/mol. The Balaban J connectivity index is 0.000000174. The van der Waals surface area contributed by atoms with E-state index in [4.69, 9.17) is 0 Å². The Kier molecular flexibility index (Phi) is 20.6. The number of benzene rings is 2. The van der Waals surface area contributed by atoms with Crippen molar-refractivity contribution >= 4 is 34.7 Å². The Morgan fingerprint density at radius 2 is 1.59 bits per heavy atom. The van der Waals surface area contributed by atoms with E-state index in [0.29, 0.717) is 49.5 Å². The topological polar surface area (TPSA) is 137 Å². The van der Waals surface area contributed by atoms with E-state index in [-0.39, 0.29) is 86.2 Å². The smallest absolute Gasteiger partial charge is 0.550 e. The third kappa shape index (κ3) is 13.7. The number of Topliss-reactive ketones (excluding diaryl/α,β-unsaturated/α-hetero) is 1. The first-order valence-electron chi connectivity index (χ1n) is 25.3. The van der Waals surface area contributed by atoms with E-state index >= 15 is 0 Å². The Labute approximate surface area is 464 Å². The molecular weight excluding hydrogens is 920 g/mol. The number of piperidine rings is 1. The molecule has 3 heterocycles. The van der Waals surface area contributed by atoms with Gasteiger partial charge in [-0.25, -0.2) is 4.98 Å². The number of pyridine rings is 1. The fraction of sp³-hybridized carbons (Fsp3) is 0.517. The number of rotatable bonds is 15. The first-order valence-corrected chi connectivity index (χ1v) is 26.2. The van der Waals surface area contributed by atoms with E-state index in [1.165, 1.54) is 10.5 Å². The summed E-state index contributed by atoms with van der Waals surface area (Å²) in [4.78, 5) is 48.0. The summed E-state index contributed by atoms with van der Waals surface area (Å²) in [6.45, 7) is 7.43. The number of carbonyl (C=O) groups excluding carboxylic acids is 3. The Morgan fingerprint density at radius 1 is 0.886 bits per heavy atom. The number of hydrogen-bond donors (Lipinski definition) is 2. The summed E-state index contributed by atoms with van der Waals surface area (Å²) in [5.41, 5.74) is 1.86. The van der Waals surface area contributed by atoms with Crippen molar-refractivity contribution in [1.29, 1.82) is 0 Å². The molecule has 1 saturated heterocycles. The van der Waals surface area contributed by atoms with E-state index in [2.05, 4.69) is 90.4 Å². The molecule has 0 unspecified atom stereocenters. The maximum Gasteiger partial charge on any atom is 1.00 e. The number of anilines is 1. The minimum absolute atomic E-state index is 0. The van der Waals surface area contributed by atoms with Crippen LogP contribution in [0.1, 0.15) is 124 Å². The normalized spacial score (nSPS) is 28.3. The van der Waals surface area contributed by atoms with Gasteiger partial charge in [0.25, 0.3) is 0 Å². The molecule has 4 aromatic rings. The number of likely N-dealkylation sites (N-methyl/N-ethyl adjacent to an activating group) is 1. The van der Waals surface area contributed by atoms with E-state index in [1.54, 1.807) is 11.3 Å². The first-order chi connectivity index (χ1) is 33.1. The molecule has 4 aliphatic carbocycles. The van der Waals surface area contributed by atoms with E-state index in [1.807, 2.05) is 85.1 Å². The van der Waals surface area contributed by atoms with Crippen molar-refractivity contribution in [2.75, 3.05) is 39.1 Å². The molecule has 2 N–H and O–H groups in total. The third-order valence-corrected chi connectivity index (χ3v) is 17.6. The molecule has 10 nitrogen and oxygen atoms in total. The van der Waals surface area contributed by atoms with Gasteiger partial charge in [0, 0.05) is 60.6 Å². The van der Waals surface area contributed by atoms with Crippen LogP contribution in [-0.2, 0) is 16.1 Å². The van der Waals surface area contributed by atoms with Gasteiger partial charge in [0.05, 0.1) is 18.2 Å². The molecular formula is C58H75KN4O6S. The molecule has 0 spiro atoms. The van der Waals surface area contributed by atoms with Gasteiger partial charge in [-0.3, -0.25) is 14.5 Å². The van der Waals surface area contributed by atoms with E-state index < -0.39 is 17.7 Å². The summed E-state index contributed by atoms with van der Waals surface area (Å²) in [7, 11) is 6.30. The number of carboxylic acid groups (broad SMARTS) is 1. The molecule has 70 heavy (non-hydrogen) atoms. The fourth-order valence-electron chi connectivity index (χ4n) is 12.4. The van der Waals surface area contributed by atoms with Crippen LogP contribution in [0.3, 0.4) is 0 Å². The third-order valence-electron chi connectivity index (χ3n) is 16.7. The number of fused-ring (bicyclic) bond motifs is 5. The summed E-state index contributed by atoms with van der Waals surface area (Å²) in [6, 6.07) is 30.3. The van der Waals surface area contributed by atoms with Crippen LogP contribution in [0.5, 0.6) is 0 Å². The zero-order valence-corrected chi connectivity index (χ0v) is 46.5. The largest absolute Gasteiger partial charge is 1.00 e. The number of thiophene rings is 1. The summed E-state index contributed by atoms with van der Waals surface area (Å²) in [6.07, 6.45) is 17.5. The first kappa shape index (κ1) is 56.2. The van der Waals surface area contributed by atoms with Crippen LogP contribution in [0.25, 0.3) is 0 Å². The number of likely N-dealkylation sites (tertiary alicyclic amines) is 1. The van der Waals surface area contributed by atoms with Gasteiger partial charge >= 0.3 is 51.4 Å². The SMILES string of the molecule is CN(C)CCN(Cc1cccs1)c1ccccn1.CN1[C@@H](CC(=O)c2ccccc2)CCC[C@H]1C[C@H](O)c1ccccc1.C[C@]12CCC(=O)C=C1C=C[C@@H]1[C@@H]2CC[C@@]2(C)[C@H]1CC[C@@]2(O)CCC(=O)[O-].[K+]. The molecule has 2 aromatic carbocycles. The Bertz CT molecular complexity index is 2350. The van der Waals surface area contributed by atoms with Gasteiger partial charge in [-0.1, -0.05) is 105 Å². The minimum atomic E-state index is -1.08. The second-order valence-electron chi connectivity index (χ2n) is 21.1. The standard InChI is InChI=1S/C22H27NO2.C22H30O4.C14H19N3S.K/c1-23-19(15-21(24)17-9-4-2-5-10-17)13-8-14-20(23)16-22(25)18-11-6-3-7-12-18;1-20-9-5-15(23)13-14(20)3-4-16-17(20)6-10-21(2)18(16)7-11-22(21,26)12-8-19(24)25;1-16(2)9-10-17(12-13-6-5-11-18-13)14-7-3-4-8-15-14;/h2-7,9-12,19-21,24H,8,13-16H2,1H3;3-4,13,16-18,26H,5-12H2,1-2H3,(H,24,25);3-8,11H,9-10,12H2,1-2H3;/q;;;+1/p-1/t19-,20+,21-;16-,17+,18+,20+,21+,22-;;/m01../s1. The van der Waals surface area contributed by atoms with Crippen molar-refractivity contribution in [3.05, 3.63) is 142 Å². The monoisotopic (exact) mass is 995 g/mol. The number of aliphatic carboxylic acids is 1. The number of hydrogen-bond acceptors (Lipinski definition) is 11. The molecule has 0 amide bonds. The van der Waals surface area contributed by atoms with Crippen molar-refractivity contribution in [1.82, 2.24) is 14.8 Å². The van der Waals surface area contributed by atoms with E-state index in [0.717, 1.165) is 87.9 Å². The molecule has 0 bridgehead atoms. The van der Waals surface area contributed by atoms with Crippen LogP contribution in [0.15, 0.2) is 126 Å². The molecule has 1 aliphatic heterocycles. The molecule has 0 radical (unpaired) electrons. The zero-order valence-electron chi connectivity index (χ0n) is 42.5. The Hall–Kier alpha value is -3.14. The van der Waals surface area contributed by atoms with Crippen LogP contribution < -0.4 is 61.4 Å². The Morgan fingerprint density at radius 3 is 2.26 bits per heavy atom. The van der Waals surface area contributed by atoms with Crippen molar-refractivity contribution in [2.45, 2.75) is 128 Å². The summed E-state index contributed by atoms with van der Waals surface area (Å²) in [5, 5.41) is 35.0. The average Bonchev–Trinajstić information content (AvgIpc) is 3.97. The molecule has 9 atom stereocenters. The van der Waals surface area contributed by atoms with Gasteiger partial charge in [0.1, 0.15) is 5.82 Å². The minimum Gasteiger partial charge on any atom is -0.550 e. The quantitative estimate of drug-likeness (QED) is 0.100. The number of nitrogens with zero attached hydrogens (tertiary/aromatic N) is 4. The van der Waals surface area contributed by atoms with Crippen LogP contribution in [0.4, 0.5) is 5.82 Å². The number of carboxylic acids is 1. The van der Waals surface area contributed by atoms with Crippen LogP contribution in [0.2, 0.25) is 0 Å². The maximum atomic E-state index is 12.5. The fourth-order valence-corrected chi connectivity index (χ4v) is 13.1. The molecule has 3 fully saturated rings. The number of allylic oxidation sites excluding steroid dienone is 4. The van der Waals surface area contributed by atoms with Gasteiger partial charge in [0.15, 0.2) is 11.6 Å². The van der Waals surface area contributed by atoms with Crippen molar-refractivity contribution in [2.24, 2.45) is 28.6 Å². The molecule has 2 aromatic heterocycles. The number of ketones is 2. The molecule has 9 rings (SSSR count). The number of aliphatic hydroxyl groups is 2. The van der Waals surface area contributed by atoms with Crippen LogP contribution in [0, 0.1) is 28.6 Å². The van der Waals surface area contributed by atoms with Crippen LogP contribution in [-0.4, -0.2) is 94.4 Å². The van der Waals surface area contributed by atoms with Crippen LogP contribution >= 0.6 is 11.3 Å². The predicted octanol–water partition coefficient (Wildman–Crippen LogP) is 6.51. The molecule has 2 saturated carbocycles. The molecule has 12 heteroatoms. The maximum absolute atomic E-state index is 12.5. The zero-order chi connectivity index (χ0) is 49.2. The van der Waals surface area contributed by atoms with Crippen molar-refractivity contribution in [3.8, 4) is 0 Å². The summed E-state index contributed by atoms with van der Waals surface area (Å²) < 4.78 is 0.